The fourth-order valence-corrected chi connectivity index (χ4v) is 3.44. The quantitative estimate of drug-likeness (QED) is 0.566. The van der Waals surface area contributed by atoms with E-state index in [1.54, 1.807) is 6.08 Å². The van der Waals surface area contributed by atoms with E-state index < -0.39 is 32.4 Å². The monoisotopic (exact) mass is 376 g/mol. The van der Waals surface area contributed by atoms with E-state index in [9.17, 15) is 26.4 Å². The molecule has 0 atom stereocenters. The van der Waals surface area contributed by atoms with Crippen molar-refractivity contribution < 1.29 is 26.4 Å². The van der Waals surface area contributed by atoms with Crippen LogP contribution < -0.4 is 10.0 Å². The highest BCUT2D eigenvalue weighted by molar-refractivity contribution is 7.94. The number of sulfonamides is 1. The van der Waals surface area contributed by atoms with Crippen molar-refractivity contribution in [3.63, 3.8) is 0 Å². The average Bonchev–Trinajstić information content (AvgIpc) is 3.26. The molecule has 0 spiro atoms. The van der Waals surface area contributed by atoms with Gasteiger partial charge in [-0.05, 0) is 44.4 Å². The molecule has 0 aliphatic heterocycles. The lowest BCUT2D eigenvalue weighted by atomic mass is 10.1. The summed E-state index contributed by atoms with van der Waals surface area (Å²) >= 11 is 0. The van der Waals surface area contributed by atoms with E-state index in [-0.39, 0.29) is 17.8 Å². The first-order valence-corrected chi connectivity index (χ1v) is 9.11. The molecule has 2 N–H and O–H groups in total. The van der Waals surface area contributed by atoms with Crippen LogP contribution in [0, 0.1) is 0 Å². The number of carbonyl (C=O) groups excluding carboxylic acids is 1. The molecule has 1 aromatic carbocycles. The topological polar surface area (TPSA) is 75.3 Å². The van der Waals surface area contributed by atoms with Gasteiger partial charge in [0.2, 0.25) is 10.0 Å². The first-order valence-electron chi connectivity index (χ1n) is 7.63. The fraction of sp³-hybridized carbons (Fsp3) is 0.438. The van der Waals surface area contributed by atoms with E-state index in [0.717, 1.165) is 12.1 Å². The maximum Gasteiger partial charge on any atom is 0.416 e. The van der Waals surface area contributed by atoms with Gasteiger partial charge in [0, 0.05) is 6.54 Å². The Labute approximate surface area is 144 Å². The van der Waals surface area contributed by atoms with Gasteiger partial charge in [-0.15, -0.1) is 6.58 Å². The zero-order valence-electron chi connectivity index (χ0n) is 13.6. The highest BCUT2D eigenvalue weighted by Crippen LogP contribution is 2.44. The Bertz CT molecular complexity index is 784. The number of hydrogen-bond donors (Lipinski definition) is 2. The van der Waals surface area contributed by atoms with Crippen LogP contribution >= 0.6 is 0 Å². The van der Waals surface area contributed by atoms with E-state index in [1.165, 1.54) is 6.92 Å². The lowest BCUT2D eigenvalue weighted by Crippen LogP contribution is -2.30. The standard InChI is InChI=1S/C16H19F3N2O3S/c1-3-4-9-20-14(22)12-6-5-11(16(17,18)19)10-13(12)21-25(23,24)15(2)7-8-15/h3,5-6,10,21H,1,4,7-9H2,2H3,(H,20,22). The largest absolute Gasteiger partial charge is 0.416 e. The van der Waals surface area contributed by atoms with Crippen molar-refractivity contribution in [2.75, 3.05) is 11.3 Å². The number of halogens is 3. The van der Waals surface area contributed by atoms with Gasteiger partial charge in [-0.1, -0.05) is 6.08 Å². The molecule has 25 heavy (non-hydrogen) atoms. The van der Waals surface area contributed by atoms with Crippen LogP contribution in [0.5, 0.6) is 0 Å². The molecule has 1 saturated carbocycles. The van der Waals surface area contributed by atoms with Gasteiger partial charge in [0.05, 0.1) is 21.6 Å². The van der Waals surface area contributed by atoms with Crippen molar-refractivity contribution in [3.05, 3.63) is 42.0 Å². The van der Waals surface area contributed by atoms with Crippen LogP contribution in [0.1, 0.15) is 42.1 Å². The van der Waals surface area contributed by atoms with Crippen molar-refractivity contribution in [1.29, 1.82) is 0 Å². The van der Waals surface area contributed by atoms with Crippen LogP contribution in [-0.2, 0) is 16.2 Å². The molecule has 2 rings (SSSR count). The molecule has 1 aliphatic carbocycles. The molecular weight excluding hydrogens is 357 g/mol. The zero-order valence-corrected chi connectivity index (χ0v) is 14.4. The smallest absolute Gasteiger partial charge is 0.352 e. The third-order valence-electron chi connectivity index (χ3n) is 4.07. The van der Waals surface area contributed by atoms with Gasteiger partial charge >= 0.3 is 6.18 Å². The Morgan fingerprint density at radius 3 is 2.52 bits per heavy atom. The van der Waals surface area contributed by atoms with Gasteiger partial charge in [-0.3, -0.25) is 9.52 Å². The molecule has 1 amide bonds. The van der Waals surface area contributed by atoms with E-state index in [1.807, 2.05) is 0 Å². The molecule has 9 heteroatoms. The summed E-state index contributed by atoms with van der Waals surface area (Å²) in [6.07, 6.45) is -1.76. The summed E-state index contributed by atoms with van der Waals surface area (Å²) in [6, 6.07) is 2.36. The highest BCUT2D eigenvalue weighted by Gasteiger charge is 2.50. The second-order valence-corrected chi connectivity index (χ2v) is 8.34. The van der Waals surface area contributed by atoms with Gasteiger partial charge in [0.25, 0.3) is 5.91 Å². The van der Waals surface area contributed by atoms with Crippen molar-refractivity contribution in [3.8, 4) is 0 Å². The van der Waals surface area contributed by atoms with Gasteiger partial charge in [0.1, 0.15) is 0 Å². The number of benzene rings is 1. The first-order chi connectivity index (χ1) is 11.5. The predicted octanol–water partition coefficient (Wildman–Crippen LogP) is 3.31. The van der Waals surface area contributed by atoms with Crippen molar-refractivity contribution in [1.82, 2.24) is 5.32 Å². The van der Waals surface area contributed by atoms with Crippen molar-refractivity contribution in [2.24, 2.45) is 0 Å². The van der Waals surface area contributed by atoms with Crippen LogP contribution in [0.25, 0.3) is 0 Å². The van der Waals surface area contributed by atoms with Crippen LogP contribution in [0.15, 0.2) is 30.9 Å². The molecule has 138 valence electrons. The van der Waals surface area contributed by atoms with Gasteiger partial charge in [0.15, 0.2) is 0 Å². The molecule has 0 saturated heterocycles. The molecule has 0 aromatic heterocycles. The number of hydrogen-bond acceptors (Lipinski definition) is 3. The summed E-state index contributed by atoms with van der Waals surface area (Å²) in [5.41, 5.74) is -1.57. The molecule has 1 fully saturated rings. The van der Waals surface area contributed by atoms with Crippen LogP contribution in [0.2, 0.25) is 0 Å². The van der Waals surface area contributed by atoms with Gasteiger partial charge in [-0.2, -0.15) is 13.2 Å². The summed E-state index contributed by atoms with van der Waals surface area (Å²) in [5.74, 6) is -0.658. The van der Waals surface area contributed by atoms with Crippen LogP contribution in [0.4, 0.5) is 18.9 Å². The number of rotatable bonds is 7. The Kier molecular flexibility index (Phi) is 5.17. The van der Waals surface area contributed by atoms with Crippen LogP contribution in [0.3, 0.4) is 0 Å². The number of alkyl halides is 3. The third kappa shape index (κ3) is 4.33. The molecule has 1 aromatic rings. The number of nitrogens with one attached hydrogen (secondary N) is 2. The summed E-state index contributed by atoms with van der Waals surface area (Å²) in [5, 5.41) is 2.51. The molecule has 0 unspecified atom stereocenters. The second-order valence-electron chi connectivity index (χ2n) is 6.15. The van der Waals surface area contributed by atoms with Crippen LogP contribution in [-0.4, -0.2) is 25.6 Å². The number of carbonyl (C=O) groups is 1. The maximum absolute atomic E-state index is 12.9. The Balaban J connectivity index is 2.38. The summed E-state index contributed by atoms with van der Waals surface area (Å²) in [6.45, 7) is 5.25. The normalized spacial score (nSPS) is 16.2. The van der Waals surface area contributed by atoms with E-state index in [0.29, 0.717) is 25.3 Å². The van der Waals surface area contributed by atoms with E-state index >= 15 is 0 Å². The zero-order chi connectivity index (χ0) is 18.9. The Hall–Kier alpha value is -2.03. The summed E-state index contributed by atoms with van der Waals surface area (Å²) < 4.78 is 64.7. The summed E-state index contributed by atoms with van der Waals surface area (Å²) in [4.78, 5) is 12.2. The van der Waals surface area contributed by atoms with E-state index in [2.05, 4.69) is 16.6 Å². The SMILES string of the molecule is C=CCCNC(=O)c1ccc(C(F)(F)F)cc1NS(=O)(=O)C1(C)CC1. The fourth-order valence-electron chi connectivity index (χ4n) is 2.10. The van der Waals surface area contributed by atoms with Crippen molar-refractivity contribution >= 4 is 21.6 Å². The lowest BCUT2D eigenvalue weighted by molar-refractivity contribution is -0.137. The third-order valence-corrected chi connectivity index (χ3v) is 6.27. The minimum absolute atomic E-state index is 0.162. The van der Waals surface area contributed by atoms with Crippen molar-refractivity contribution in [2.45, 2.75) is 37.1 Å². The molecule has 0 heterocycles. The number of amides is 1. The second kappa shape index (κ2) is 6.70. The molecule has 5 nitrogen and oxygen atoms in total. The minimum atomic E-state index is -4.65. The molecular formula is C16H19F3N2O3S. The first kappa shape index (κ1) is 19.3. The summed E-state index contributed by atoms with van der Waals surface area (Å²) in [7, 11) is -3.90. The van der Waals surface area contributed by atoms with Gasteiger partial charge < -0.3 is 5.32 Å². The Morgan fingerprint density at radius 2 is 2.00 bits per heavy atom. The van der Waals surface area contributed by atoms with E-state index in [4.69, 9.17) is 0 Å². The Morgan fingerprint density at radius 1 is 1.36 bits per heavy atom. The minimum Gasteiger partial charge on any atom is -0.352 e. The average molecular weight is 376 g/mol. The predicted molar refractivity (Wildman–Crippen MR) is 88.8 cm³/mol. The molecule has 0 bridgehead atoms. The maximum atomic E-state index is 12.9. The highest BCUT2D eigenvalue weighted by atomic mass is 32.2. The number of anilines is 1. The molecule has 1 aliphatic rings. The van der Waals surface area contributed by atoms with Gasteiger partial charge in [-0.25, -0.2) is 8.42 Å². The lowest BCUT2D eigenvalue weighted by Gasteiger charge is -2.18. The molecule has 0 radical (unpaired) electrons.